The molecule has 1 aromatic carbocycles. The standard InChI is InChI=1S/C22H23N7O/c1-16-4-5-18(10-19(16)12-23)15-29-25-14-20(27-29)26-22(30)11-17-6-7-21(24-13-17)28-8-2-3-9-28/h4-7,10,13-14H,2-3,8-9,11,15H2,1H3,(H,26,27,30). The summed E-state index contributed by atoms with van der Waals surface area (Å²) in [7, 11) is 0. The number of rotatable bonds is 6. The topological polar surface area (TPSA) is 99.7 Å². The van der Waals surface area contributed by atoms with Crippen LogP contribution in [0.2, 0.25) is 0 Å². The molecule has 0 saturated carbocycles. The number of amides is 1. The van der Waals surface area contributed by atoms with Crippen LogP contribution in [0.4, 0.5) is 11.6 Å². The normalized spacial score (nSPS) is 13.3. The van der Waals surface area contributed by atoms with E-state index in [9.17, 15) is 4.79 Å². The van der Waals surface area contributed by atoms with Crippen molar-refractivity contribution in [3.8, 4) is 6.07 Å². The average molecular weight is 401 g/mol. The van der Waals surface area contributed by atoms with Gasteiger partial charge in [-0.15, -0.1) is 5.10 Å². The minimum absolute atomic E-state index is 0.167. The van der Waals surface area contributed by atoms with E-state index in [2.05, 4.69) is 31.5 Å². The summed E-state index contributed by atoms with van der Waals surface area (Å²) in [4.78, 5) is 20.6. The van der Waals surface area contributed by atoms with Gasteiger partial charge < -0.3 is 10.2 Å². The monoisotopic (exact) mass is 401 g/mol. The zero-order valence-electron chi connectivity index (χ0n) is 16.9. The first-order chi connectivity index (χ1) is 14.6. The van der Waals surface area contributed by atoms with Crippen LogP contribution in [0.3, 0.4) is 0 Å². The van der Waals surface area contributed by atoms with Crippen molar-refractivity contribution in [2.75, 3.05) is 23.3 Å². The lowest BCUT2D eigenvalue weighted by Gasteiger charge is -2.16. The molecule has 2 aromatic heterocycles. The molecule has 4 rings (SSSR count). The summed E-state index contributed by atoms with van der Waals surface area (Å²) < 4.78 is 0. The molecule has 8 nitrogen and oxygen atoms in total. The third kappa shape index (κ3) is 4.63. The highest BCUT2D eigenvalue weighted by atomic mass is 16.1. The van der Waals surface area contributed by atoms with Crippen molar-refractivity contribution in [3.05, 3.63) is 65.0 Å². The van der Waals surface area contributed by atoms with Gasteiger partial charge in [-0.1, -0.05) is 18.2 Å². The van der Waals surface area contributed by atoms with E-state index in [0.29, 0.717) is 17.9 Å². The van der Waals surface area contributed by atoms with Crippen LogP contribution in [-0.4, -0.2) is 39.0 Å². The molecule has 3 aromatic rings. The predicted octanol–water partition coefficient (Wildman–Crippen LogP) is 2.68. The van der Waals surface area contributed by atoms with Gasteiger partial charge in [0.25, 0.3) is 0 Å². The van der Waals surface area contributed by atoms with Crippen LogP contribution in [0.15, 0.2) is 42.7 Å². The number of carbonyl (C=O) groups excluding carboxylic acids is 1. The lowest BCUT2D eigenvalue weighted by Crippen LogP contribution is -2.19. The quantitative estimate of drug-likeness (QED) is 0.682. The van der Waals surface area contributed by atoms with Gasteiger partial charge >= 0.3 is 0 Å². The first-order valence-electron chi connectivity index (χ1n) is 10.0. The molecule has 1 amide bonds. The molecule has 1 N–H and O–H groups in total. The van der Waals surface area contributed by atoms with E-state index < -0.39 is 0 Å². The molecule has 30 heavy (non-hydrogen) atoms. The Morgan fingerprint density at radius 2 is 1.97 bits per heavy atom. The summed E-state index contributed by atoms with van der Waals surface area (Å²) in [5.74, 6) is 1.20. The summed E-state index contributed by atoms with van der Waals surface area (Å²) in [6, 6.07) is 11.8. The summed E-state index contributed by atoms with van der Waals surface area (Å²) in [5, 5.41) is 20.4. The molecule has 1 fully saturated rings. The van der Waals surface area contributed by atoms with Crippen LogP contribution in [0.25, 0.3) is 0 Å². The fourth-order valence-corrected chi connectivity index (χ4v) is 3.51. The van der Waals surface area contributed by atoms with Gasteiger partial charge in [0.2, 0.25) is 5.91 Å². The number of nitriles is 1. The average Bonchev–Trinajstić information content (AvgIpc) is 3.42. The number of aromatic nitrogens is 4. The molecule has 8 heteroatoms. The van der Waals surface area contributed by atoms with Crippen molar-refractivity contribution in [2.45, 2.75) is 32.7 Å². The molecule has 3 heterocycles. The Bertz CT molecular complexity index is 1080. The number of nitrogens with zero attached hydrogens (tertiary/aromatic N) is 6. The Hall–Kier alpha value is -3.73. The maximum Gasteiger partial charge on any atom is 0.230 e. The second-order valence-electron chi connectivity index (χ2n) is 7.47. The number of benzene rings is 1. The highest BCUT2D eigenvalue weighted by Gasteiger charge is 2.14. The number of aryl methyl sites for hydroxylation is 1. The molecule has 0 unspecified atom stereocenters. The highest BCUT2D eigenvalue weighted by Crippen LogP contribution is 2.18. The van der Waals surface area contributed by atoms with Crippen LogP contribution >= 0.6 is 0 Å². The molecular weight excluding hydrogens is 378 g/mol. The van der Waals surface area contributed by atoms with Crippen LogP contribution in [0.1, 0.15) is 35.1 Å². The van der Waals surface area contributed by atoms with Gasteiger partial charge in [0.15, 0.2) is 5.82 Å². The molecule has 0 atom stereocenters. The molecule has 0 aliphatic carbocycles. The minimum Gasteiger partial charge on any atom is -0.357 e. The maximum atomic E-state index is 12.3. The fraction of sp³-hybridized carbons (Fsp3) is 0.318. The predicted molar refractivity (Wildman–Crippen MR) is 113 cm³/mol. The van der Waals surface area contributed by atoms with E-state index in [0.717, 1.165) is 35.6 Å². The summed E-state index contributed by atoms with van der Waals surface area (Å²) >= 11 is 0. The van der Waals surface area contributed by atoms with Crippen LogP contribution in [-0.2, 0) is 17.8 Å². The maximum absolute atomic E-state index is 12.3. The molecule has 1 aliphatic heterocycles. The van der Waals surface area contributed by atoms with Crippen molar-refractivity contribution in [1.82, 2.24) is 20.0 Å². The van der Waals surface area contributed by atoms with Gasteiger partial charge in [-0.05, 0) is 48.6 Å². The van der Waals surface area contributed by atoms with Crippen LogP contribution < -0.4 is 10.2 Å². The van der Waals surface area contributed by atoms with Crippen LogP contribution in [0, 0.1) is 18.3 Å². The number of hydrogen-bond acceptors (Lipinski definition) is 6. The largest absolute Gasteiger partial charge is 0.357 e. The molecule has 0 spiro atoms. The van der Waals surface area contributed by atoms with Crippen molar-refractivity contribution in [3.63, 3.8) is 0 Å². The van der Waals surface area contributed by atoms with E-state index in [1.165, 1.54) is 23.8 Å². The summed E-state index contributed by atoms with van der Waals surface area (Å²) in [6.45, 7) is 4.41. The first kappa shape index (κ1) is 19.6. The molecule has 152 valence electrons. The summed E-state index contributed by atoms with van der Waals surface area (Å²) in [5.41, 5.74) is 3.35. The number of hydrogen-bond donors (Lipinski definition) is 1. The van der Waals surface area contributed by atoms with E-state index >= 15 is 0 Å². The summed E-state index contributed by atoms with van der Waals surface area (Å²) in [6.07, 6.45) is 5.91. The first-order valence-corrected chi connectivity index (χ1v) is 10.0. The molecule has 0 bridgehead atoms. The Labute approximate surface area is 175 Å². The zero-order valence-corrected chi connectivity index (χ0v) is 16.9. The molecule has 0 radical (unpaired) electrons. The second-order valence-corrected chi connectivity index (χ2v) is 7.47. The Kier molecular flexibility index (Phi) is 5.70. The number of carbonyl (C=O) groups is 1. The lowest BCUT2D eigenvalue weighted by molar-refractivity contribution is -0.115. The smallest absolute Gasteiger partial charge is 0.230 e. The minimum atomic E-state index is -0.167. The molecular formula is C22H23N7O. The van der Waals surface area contributed by atoms with Gasteiger partial charge in [0.05, 0.1) is 30.8 Å². The Balaban J connectivity index is 1.33. The second kappa shape index (κ2) is 8.74. The number of pyridine rings is 1. The van der Waals surface area contributed by atoms with Gasteiger partial charge in [-0.2, -0.15) is 15.2 Å². The Morgan fingerprint density at radius 3 is 2.70 bits per heavy atom. The molecule has 1 aliphatic rings. The van der Waals surface area contributed by atoms with Crippen LogP contribution in [0.5, 0.6) is 0 Å². The zero-order chi connectivity index (χ0) is 20.9. The third-order valence-electron chi connectivity index (χ3n) is 5.15. The van der Waals surface area contributed by atoms with Gasteiger partial charge in [-0.3, -0.25) is 4.79 Å². The van der Waals surface area contributed by atoms with E-state index in [1.807, 2.05) is 37.3 Å². The number of nitrogens with one attached hydrogen (secondary N) is 1. The van der Waals surface area contributed by atoms with Crippen molar-refractivity contribution in [2.24, 2.45) is 0 Å². The third-order valence-corrected chi connectivity index (χ3v) is 5.15. The van der Waals surface area contributed by atoms with E-state index in [4.69, 9.17) is 5.26 Å². The van der Waals surface area contributed by atoms with E-state index in [-0.39, 0.29) is 12.3 Å². The van der Waals surface area contributed by atoms with Gasteiger partial charge in [-0.25, -0.2) is 4.98 Å². The van der Waals surface area contributed by atoms with Crippen molar-refractivity contribution < 1.29 is 4.79 Å². The lowest BCUT2D eigenvalue weighted by atomic mass is 10.1. The Morgan fingerprint density at radius 1 is 1.17 bits per heavy atom. The van der Waals surface area contributed by atoms with Gasteiger partial charge in [0, 0.05) is 19.3 Å². The van der Waals surface area contributed by atoms with Crippen molar-refractivity contribution >= 4 is 17.5 Å². The highest BCUT2D eigenvalue weighted by molar-refractivity contribution is 5.91. The SMILES string of the molecule is Cc1ccc(Cn2ncc(NC(=O)Cc3ccc(N4CCCC4)nc3)n2)cc1C#N. The fourth-order valence-electron chi connectivity index (χ4n) is 3.51. The van der Waals surface area contributed by atoms with E-state index in [1.54, 1.807) is 6.20 Å². The number of anilines is 2. The molecule has 1 saturated heterocycles. The van der Waals surface area contributed by atoms with Crippen molar-refractivity contribution in [1.29, 1.82) is 5.26 Å². The van der Waals surface area contributed by atoms with Gasteiger partial charge in [0.1, 0.15) is 5.82 Å².